The highest BCUT2D eigenvalue weighted by atomic mass is 19.4. The van der Waals surface area contributed by atoms with E-state index in [2.05, 4.69) is 4.74 Å². The van der Waals surface area contributed by atoms with Gasteiger partial charge < -0.3 is 14.4 Å². The first kappa shape index (κ1) is 20.5. The summed E-state index contributed by atoms with van der Waals surface area (Å²) >= 11 is 0. The second kappa shape index (κ2) is 7.28. The first-order chi connectivity index (χ1) is 13.5. The predicted octanol–water partition coefficient (Wildman–Crippen LogP) is 3.41. The number of alkyl halides is 3. The predicted molar refractivity (Wildman–Crippen MR) is 94.7 cm³/mol. The molecule has 0 saturated carbocycles. The maximum Gasteiger partial charge on any atom is 0.573 e. The standard InChI is InChI=1S/C19H17F3N2O5/c1-18(2)17(26)24(10-11-3-6-13(7-4-11)28-19(20,21)22)14-9-12(16(25)23-27)5-8-15(14)29-18/h3-9,27H,10H2,1-2H3,(H,23,25). The third-order valence-electron chi connectivity index (χ3n) is 4.24. The van der Waals surface area contributed by atoms with Crippen molar-refractivity contribution in [3.05, 3.63) is 53.6 Å². The molecular formula is C19H17F3N2O5. The minimum atomic E-state index is -4.80. The molecule has 2 aromatic carbocycles. The van der Waals surface area contributed by atoms with Crippen LogP contribution in [0.1, 0.15) is 29.8 Å². The number of hydrogen-bond acceptors (Lipinski definition) is 5. The lowest BCUT2D eigenvalue weighted by atomic mass is 10.0. The highest BCUT2D eigenvalue weighted by molar-refractivity contribution is 6.04. The molecule has 29 heavy (non-hydrogen) atoms. The maximum atomic E-state index is 12.9. The number of hydrogen-bond donors (Lipinski definition) is 2. The average Bonchev–Trinajstić information content (AvgIpc) is 2.64. The van der Waals surface area contributed by atoms with Crippen molar-refractivity contribution in [2.24, 2.45) is 0 Å². The Morgan fingerprint density at radius 2 is 1.86 bits per heavy atom. The minimum Gasteiger partial charge on any atom is -0.476 e. The van der Waals surface area contributed by atoms with Gasteiger partial charge in [-0.3, -0.25) is 14.8 Å². The molecule has 7 nitrogen and oxygen atoms in total. The quantitative estimate of drug-likeness (QED) is 0.596. The highest BCUT2D eigenvalue weighted by Gasteiger charge is 2.41. The van der Waals surface area contributed by atoms with E-state index in [1.165, 1.54) is 40.7 Å². The second-order valence-electron chi connectivity index (χ2n) is 6.82. The molecular weight excluding hydrogens is 393 g/mol. The number of benzene rings is 2. The Labute approximate surface area is 163 Å². The maximum absolute atomic E-state index is 12.9. The molecule has 0 atom stereocenters. The molecule has 0 spiro atoms. The number of nitrogens with zero attached hydrogens (tertiary/aromatic N) is 1. The normalized spacial score (nSPS) is 15.4. The van der Waals surface area contributed by atoms with Gasteiger partial charge in [0, 0.05) is 5.56 Å². The largest absolute Gasteiger partial charge is 0.573 e. The zero-order chi connectivity index (χ0) is 21.4. The zero-order valence-electron chi connectivity index (χ0n) is 15.4. The lowest BCUT2D eigenvalue weighted by Gasteiger charge is -2.39. The van der Waals surface area contributed by atoms with Crippen LogP contribution in [0.5, 0.6) is 11.5 Å². The Morgan fingerprint density at radius 3 is 2.45 bits per heavy atom. The van der Waals surface area contributed by atoms with Crippen LogP contribution in [0.15, 0.2) is 42.5 Å². The summed E-state index contributed by atoms with van der Waals surface area (Å²) in [6, 6.07) is 9.42. The summed E-state index contributed by atoms with van der Waals surface area (Å²) in [7, 11) is 0. The van der Waals surface area contributed by atoms with Crippen LogP contribution in [0, 0.1) is 0 Å². The fourth-order valence-corrected chi connectivity index (χ4v) is 2.91. The summed E-state index contributed by atoms with van der Waals surface area (Å²) in [4.78, 5) is 26.0. The summed E-state index contributed by atoms with van der Waals surface area (Å²) in [5, 5.41) is 8.83. The smallest absolute Gasteiger partial charge is 0.476 e. The van der Waals surface area contributed by atoms with Gasteiger partial charge in [0.1, 0.15) is 11.5 Å². The number of fused-ring (bicyclic) bond motifs is 1. The minimum absolute atomic E-state index is 0.0229. The number of carbonyl (C=O) groups excluding carboxylic acids is 2. The van der Waals surface area contributed by atoms with Crippen LogP contribution >= 0.6 is 0 Å². The molecule has 154 valence electrons. The lowest BCUT2D eigenvalue weighted by Crippen LogP contribution is -2.52. The lowest BCUT2D eigenvalue weighted by molar-refractivity contribution is -0.274. The van der Waals surface area contributed by atoms with Crippen molar-refractivity contribution in [2.45, 2.75) is 32.4 Å². The van der Waals surface area contributed by atoms with E-state index < -0.39 is 23.8 Å². The summed E-state index contributed by atoms with van der Waals surface area (Å²) < 4.78 is 46.5. The SMILES string of the molecule is CC1(C)Oc2ccc(C(=O)NO)cc2N(Cc2ccc(OC(F)(F)F)cc2)C1=O. The molecule has 1 aliphatic heterocycles. The molecule has 2 N–H and O–H groups in total. The number of anilines is 1. The molecule has 0 fully saturated rings. The average molecular weight is 410 g/mol. The highest BCUT2D eigenvalue weighted by Crippen LogP contribution is 2.39. The van der Waals surface area contributed by atoms with Crippen molar-refractivity contribution in [1.29, 1.82) is 0 Å². The number of rotatable bonds is 4. The fourth-order valence-electron chi connectivity index (χ4n) is 2.91. The van der Waals surface area contributed by atoms with E-state index >= 15 is 0 Å². The van der Waals surface area contributed by atoms with E-state index in [4.69, 9.17) is 9.94 Å². The Hall–Kier alpha value is -3.27. The van der Waals surface area contributed by atoms with Crippen LogP contribution in [0.25, 0.3) is 0 Å². The number of amides is 2. The van der Waals surface area contributed by atoms with E-state index in [1.54, 1.807) is 13.8 Å². The number of carbonyl (C=O) groups is 2. The van der Waals surface area contributed by atoms with E-state index in [-0.39, 0.29) is 17.9 Å². The van der Waals surface area contributed by atoms with Gasteiger partial charge >= 0.3 is 6.36 Å². The molecule has 3 rings (SSSR count). The zero-order valence-corrected chi connectivity index (χ0v) is 15.4. The number of halogens is 3. The van der Waals surface area contributed by atoms with Crippen LogP contribution in [-0.4, -0.2) is 29.0 Å². The number of ether oxygens (including phenoxy) is 2. The van der Waals surface area contributed by atoms with Gasteiger partial charge in [0.15, 0.2) is 5.60 Å². The summed E-state index contributed by atoms with van der Waals surface area (Å²) in [6.07, 6.45) is -4.80. The van der Waals surface area contributed by atoms with Gasteiger partial charge in [-0.15, -0.1) is 13.2 Å². The summed E-state index contributed by atoms with van der Waals surface area (Å²) in [6.45, 7) is 3.19. The van der Waals surface area contributed by atoms with Gasteiger partial charge in [-0.1, -0.05) is 12.1 Å². The van der Waals surface area contributed by atoms with Crippen LogP contribution in [0.4, 0.5) is 18.9 Å². The third kappa shape index (κ3) is 4.43. The number of hydroxylamine groups is 1. The molecule has 1 heterocycles. The van der Waals surface area contributed by atoms with E-state index in [9.17, 15) is 22.8 Å². The van der Waals surface area contributed by atoms with E-state index in [0.717, 1.165) is 12.1 Å². The monoisotopic (exact) mass is 410 g/mol. The molecule has 0 radical (unpaired) electrons. The first-order valence-corrected chi connectivity index (χ1v) is 8.44. The molecule has 0 bridgehead atoms. The van der Waals surface area contributed by atoms with Gasteiger partial charge in [-0.2, -0.15) is 0 Å². The van der Waals surface area contributed by atoms with Gasteiger partial charge in [-0.05, 0) is 49.7 Å². The van der Waals surface area contributed by atoms with Crippen LogP contribution in [0.2, 0.25) is 0 Å². The van der Waals surface area contributed by atoms with Crippen molar-refractivity contribution < 1.29 is 37.4 Å². The van der Waals surface area contributed by atoms with Crippen molar-refractivity contribution >= 4 is 17.5 Å². The molecule has 0 aromatic heterocycles. The Balaban J connectivity index is 1.93. The molecule has 10 heteroatoms. The molecule has 2 amide bonds. The Morgan fingerprint density at radius 1 is 1.21 bits per heavy atom. The van der Waals surface area contributed by atoms with Crippen molar-refractivity contribution in [3.8, 4) is 11.5 Å². The van der Waals surface area contributed by atoms with E-state index in [0.29, 0.717) is 17.0 Å². The second-order valence-corrected chi connectivity index (χ2v) is 6.82. The van der Waals surface area contributed by atoms with Crippen LogP contribution < -0.4 is 19.9 Å². The Bertz CT molecular complexity index is 942. The van der Waals surface area contributed by atoms with Crippen LogP contribution in [-0.2, 0) is 11.3 Å². The molecule has 0 unspecified atom stereocenters. The summed E-state index contributed by atoms with van der Waals surface area (Å²) in [5.74, 6) is -1.20. The van der Waals surface area contributed by atoms with Gasteiger partial charge in [-0.25, -0.2) is 5.48 Å². The number of nitrogens with one attached hydrogen (secondary N) is 1. The van der Waals surface area contributed by atoms with Crippen molar-refractivity contribution in [1.82, 2.24) is 5.48 Å². The summed E-state index contributed by atoms with van der Waals surface area (Å²) in [5.41, 5.74) is 1.26. The molecule has 0 saturated heterocycles. The van der Waals surface area contributed by atoms with Crippen molar-refractivity contribution in [3.63, 3.8) is 0 Å². The van der Waals surface area contributed by atoms with Crippen LogP contribution in [0.3, 0.4) is 0 Å². The van der Waals surface area contributed by atoms with Crippen molar-refractivity contribution in [2.75, 3.05) is 4.90 Å². The van der Waals surface area contributed by atoms with Gasteiger partial charge in [0.25, 0.3) is 11.8 Å². The molecule has 0 aliphatic carbocycles. The third-order valence-corrected chi connectivity index (χ3v) is 4.24. The fraction of sp³-hybridized carbons (Fsp3) is 0.263. The van der Waals surface area contributed by atoms with Gasteiger partial charge in [0.2, 0.25) is 0 Å². The van der Waals surface area contributed by atoms with E-state index in [1.807, 2.05) is 0 Å². The molecule has 2 aromatic rings. The first-order valence-electron chi connectivity index (χ1n) is 8.44. The topological polar surface area (TPSA) is 88.1 Å². The molecule has 1 aliphatic rings. The Kier molecular flexibility index (Phi) is 5.14. The van der Waals surface area contributed by atoms with Gasteiger partial charge in [0.05, 0.1) is 12.2 Å².